The summed E-state index contributed by atoms with van der Waals surface area (Å²) in [5.74, 6) is 1.96. The molecule has 1 aliphatic carbocycles. The molecule has 3 rings (SSSR count). The van der Waals surface area contributed by atoms with Crippen molar-refractivity contribution < 1.29 is 14.3 Å². The lowest BCUT2D eigenvalue weighted by molar-refractivity contribution is -0.136. The van der Waals surface area contributed by atoms with Crippen LogP contribution < -0.4 is 14.4 Å². The predicted octanol–water partition coefficient (Wildman–Crippen LogP) is 3.59. The standard InChI is InChI=1S/C19H27ClN2O3/c1-24-17-13-16(18(25-2)12-15(17)20)21-8-10-22(11-9-21)19(23)14-6-4-3-5-7-14/h12-14H,3-11H2,1-2H3. The van der Waals surface area contributed by atoms with Crippen molar-refractivity contribution in [2.75, 3.05) is 45.3 Å². The number of halogens is 1. The van der Waals surface area contributed by atoms with Crippen molar-refractivity contribution in [1.82, 2.24) is 4.90 Å². The van der Waals surface area contributed by atoms with E-state index in [1.165, 1.54) is 19.3 Å². The lowest BCUT2D eigenvalue weighted by atomic mass is 9.88. The number of methoxy groups -OCH3 is 2. The second kappa shape index (κ2) is 8.17. The molecule has 0 aromatic heterocycles. The number of piperazine rings is 1. The largest absolute Gasteiger partial charge is 0.495 e. The first-order chi connectivity index (χ1) is 12.1. The number of amides is 1. The van der Waals surface area contributed by atoms with Gasteiger partial charge in [0, 0.05) is 44.2 Å². The van der Waals surface area contributed by atoms with Crippen LogP contribution >= 0.6 is 11.6 Å². The minimum atomic E-state index is 0.241. The van der Waals surface area contributed by atoms with Gasteiger partial charge in [-0.15, -0.1) is 0 Å². The molecule has 1 aromatic carbocycles. The van der Waals surface area contributed by atoms with E-state index in [9.17, 15) is 4.79 Å². The third-order valence-electron chi connectivity index (χ3n) is 5.34. The quantitative estimate of drug-likeness (QED) is 0.816. The third kappa shape index (κ3) is 3.97. The Hall–Kier alpha value is -1.62. The molecule has 1 aromatic rings. The van der Waals surface area contributed by atoms with Gasteiger partial charge in [-0.05, 0) is 12.8 Å². The van der Waals surface area contributed by atoms with E-state index < -0.39 is 0 Å². The summed E-state index contributed by atoms with van der Waals surface area (Å²) in [7, 11) is 3.25. The summed E-state index contributed by atoms with van der Waals surface area (Å²) in [6.45, 7) is 3.09. The molecule has 0 atom stereocenters. The number of carbonyl (C=O) groups excluding carboxylic acids is 1. The highest BCUT2D eigenvalue weighted by Gasteiger charge is 2.29. The number of hydrogen-bond donors (Lipinski definition) is 0. The fraction of sp³-hybridized carbons (Fsp3) is 0.632. The molecule has 0 spiro atoms. The number of ether oxygens (including phenoxy) is 2. The Morgan fingerprint density at radius 3 is 2.24 bits per heavy atom. The average molecular weight is 367 g/mol. The van der Waals surface area contributed by atoms with Crippen molar-refractivity contribution in [2.24, 2.45) is 5.92 Å². The van der Waals surface area contributed by atoms with E-state index >= 15 is 0 Å². The van der Waals surface area contributed by atoms with Gasteiger partial charge in [-0.25, -0.2) is 0 Å². The maximum Gasteiger partial charge on any atom is 0.225 e. The number of hydrogen-bond acceptors (Lipinski definition) is 4. The number of anilines is 1. The van der Waals surface area contributed by atoms with Crippen LogP contribution in [0.1, 0.15) is 32.1 Å². The lowest BCUT2D eigenvalue weighted by Gasteiger charge is -2.38. The van der Waals surface area contributed by atoms with E-state index in [4.69, 9.17) is 21.1 Å². The number of benzene rings is 1. The Morgan fingerprint density at radius 2 is 1.64 bits per heavy atom. The molecule has 0 bridgehead atoms. The maximum absolute atomic E-state index is 12.7. The van der Waals surface area contributed by atoms with Gasteiger partial charge in [-0.2, -0.15) is 0 Å². The van der Waals surface area contributed by atoms with Crippen LogP contribution in [0.5, 0.6) is 11.5 Å². The van der Waals surface area contributed by atoms with E-state index in [2.05, 4.69) is 4.90 Å². The number of carbonyl (C=O) groups is 1. The van der Waals surface area contributed by atoms with Crippen LogP contribution in [0.25, 0.3) is 0 Å². The van der Waals surface area contributed by atoms with Crippen LogP contribution in [0.2, 0.25) is 5.02 Å². The summed E-state index contributed by atoms with van der Waals surface area (Å²) in [6, 6.07) is 3.70. The highest BCUT2D eigenvalue weighted by Crippen LogP contribution is 2.38. The van der Waals surface area contributed by atoms with Crippen LogP contribution in [0, 0.1) is 5.92 Å². The zero-order valence-electron chi connectivity index (χ0n) is 15.1. The lowest BCUT2D eigenvalue weighted by Crippen LogP contribution is -2.50. The Kier molecular flexibility index (Phi) is 5.94. The molecular formula is C19H27ClN2O3. The van der Waals surface area contributed by atoms with Crippen LogP contribution in [0.15, 0.2) is 12.1 Å². The monoisotopic (exact) mass is 366 g/mol. The van der Waals surface area contributed by atoms with Gasteiger partial charge in [0.2, 0.25) is 5.91 Å². The van der Waals surface area contributed by atoms with Crippen molar-refractivity contribution in [3.8, 4) is 11.5 Å². The Morgan fingerprint density at radius 1 is 1.00 bits per heavy atom. The topological polar surface area (TPSA) is 42.0 Å². The van der Waals surface area contributed by atoms with E-state index in [1.54, 1.807) is 20.3 Å². The van der Waals surface area contributed by atoms with Gasteiger partial charge in [0.1, 0.15) is 11.5 Å². The Bertz CT molecular complexity index is 609. The molecule has 1 saturated carbocycles. The molecule has 1 aliphatic heterocycles. The van der Waals surface area contributed by atoms with E-state index in [0.717, 1.165) is 50.5 Å². The van der Waals surface area contributed by atoms with Crippen LogP contribution in [0.3, 0.4) is 0 Å². The SMILES string of the molecule is COc1cc(N2CCN(C(=O)C3CCCCC3)CC2)c(OC)cc1Cl. The molecule has 2 aliphatic rings. The van der Waals surface area contributed by atoms with Gasteiger partial charge in [-0.1, -0.05) is 30.9 Å². The first-order valence-corrected chi connectivity index (χ1v) is 9.47. The summed E-state index contributed by atoms with van der Waals surface area (Å²) < 4.78 is 10.8. The molecule has 1 heterocycles. The predicted molar refractivity (Wildman–Crippen MR) is 99.9 cm³/mol. The minimum Gasteiger partial charge on any atom is -0.495 e. The highest BCUT2D eigenvalue weighted by atomic mass is 35.5. The van der Waals surface area contributed by atoms with E-state index in [0.29, 0.717) is 16.7 Å². The molecule has 0 N–H and O–H groups in total. The normalized spacial score (nSPS) is 19.0. The summed E-state index contributed by atoms with van der Waals surface area (Å²) in [5.41, 5.74) is 0.966. The second-order valence-electron chi connectivity index (χ2n) is 6.81. The molecule has 6 heteroatoms. The fourth-order valence-electron chi connectivity index (χ4n) is 3.87. The summed E-state index contributed by atoms with van der Waals surface area (Å²) in [5, 5.41) is 0.536. The smallest absolute Gasteiger partial charge is 0.225 e. The average Bonchev–Trinajstić information content (AvgIpc) is 2.68. The van der Waals surface area contributed by atoms with Gasteiger partial charge < -0.3 is 19.3 Å². The number of rotatable bonds is 4. The van der Waals surface area contributed by atoms with Crippen molar-refractivity contribution in [3.05, 3.63) is 17.2 Å². The fourth-order valence-corrected chi connectivity index (χ4v) is 4.10. The van der Waals surface area contributed by atoms with Gasteiger partial charge in [0.15, 0.2) is 0 Å². The van der Waals surface area contributed by atoms with Crippen molar-refractivity contribution >= 4 is 23.2 Å². The zero-order chi connectivity index (χ0) is 17.8. The molecule has 138 valence electrons. The molecule has 1 saturated heterocycles. The highest BCUT2D eigenvalue weighted by molar-refractivity contribution is 6.32. The van der Waals surface area contributed by atoms with Crippen LogP contribution in [0.4, 0.5) is 5.69 Å². The second-order valence-corrected chi connectivity index (χ2v) is 7.21. The molecule has 0 unspecified atom stereocenters. The summed E-state index contributed by atoms with van der Waals surface area (Å²) in [4.78, 5) is 17.0. The van der Waals surface area contributed by atoms with E-state index in [1.807, 2.05) is 11.0 Å². The first kappa shape index (κ1) is 18.2. The summed E-state index contributed by atoms with van der Waals surface area (Å²) in [6.07, 6.45) is 5.77. The van der Waals surface area contributed by atoms with Crippen LogP contribution in [-0.2, 0) is 4.79 Å². The van der Waals surface area contributed by atoms with Gasteiger partial charge in [-0.3, -0.25) is 4.79 Å². The Labute approximate surface area is 154 Å². The molecule has 2 fully saturated rings. The zero-order valence-corrected chi connectivity index (χ0v) is 15.8. The van der Waals surface area contributed by atoms with Crippen molar-refractivity contribution in [3.63, 3.8) is 0 Å². The van der Waals surface area contributed by atoms with Crippen molar-refractivity contribution in [1.29, 1.82) is 0 Å². The molecule has 25 heavy (non-hydrogen) atoms. The molecule has 0 radical (unpaired) electrons. The van der Waals surface area contributed by atoms with Crippen molar-refractivity contribution in [2.45, 2.75) is 32.1 Å². The molecular weight excluding hydrogens is 340 g/mol. The number of nitrogens with zero attached hydrogens (tertiary/aromatic N) is 2. The third-order valence-corrected chi connectivity index (χ3v) is 5.64. The van der Waals surface area contributed by atoms with Crippen LogP contribution in [-0.4, -0.2) is 51.2 Å². The maximum atomic E-state index is 12.7. The molecule has 5 nitrogen and oxygen atoms in total. The molecule has 1 amide bonds. The van der Waals surface area contributed by atoms with Gasteiger partial charge in [0.25, 0.3) is 0 Å². The first-order valence-electron chi connectivity index (χ1n) is 9.09. The Balaban J connectivity index is 1.66. The minimum absolute atomic E-state index is 0.241. The van der Waals surface area contributed by atoms with Gasteiger partial charge in [0.05, 0.1) is 24.9 Å². The summed E-state index contributed by atoms with van der Waals surface area (Å²) >= 11 is 6.19. The van der Waals surface area contributed by atoms with E-state index in [-0.39, 0.29) is 5.92 Å². The van der Waals surface area contributed by atoms with Gasteiger partial charge >= 0.3 is 0 Å².